The Morgan fingerprint density at radius 1 is 1.16 bits per heavy atom. The van der Waals surface area contributed by atoms with Gasteiger partial charge in [0.25, 0.3) is 5.91 Å². The molecule has 0 fully saturated rings. The Labute approximate surface area is 184 Å². The van der Waals surface area contributed by atoms with Crippen LogP contribution in [-0.4, -0.2) is 33.5 Å². The van der Waals surface area contributed by atoms with Crippen LogP contribution in [0.25, 0.3) is 11.0 Å². The van der Waals surface area contributed by atoms with Crippen LogP contribution in [0.15, 0.2) is 65.3 Å². The molecule has 1 amide bonds. The summed E-state index contributed by atoms with van der Waals surface area (Å²) in [5.74, 6) is 2.33. The van der Waals surface area contributed by atoms with Gasteiger partial charge >= 0.3 is 0 Å². The molecule has 3 heterocycles. The number of carbonyl (C=O) groups is 1. The monoisotopic (exact) mass is 436 g/mol. The molecule has 2 aromatic heterocycles. The second-order valence-electron chi connectivity index (χ2n) is 7.46. The number of halogens is 1. The molecule has 0 saturated heterocycles. The van der Waals surface area contributed by atoms with E-state index in [4.69, 9.17) is 25.7 Å². The minimum atomic E-state index is -0.233. The number of rotatable bonds is 6. The fraction of sp³-hybridized carbons (Fsp3) is 0.217. The first kappa shape index (κ1) is 19.7. The maximum absolute atomic E-state index is 12.3. The maximum Gasteiger partial charge on any atom is 0.262 e. The van der Waals surface area contributed by atoms with Crippen molar-refractivity contribution >= 4 is 34.2 Å². The number of aromatic nitrogens is 2. The van der Waals surface area contributed by atoms with E-state index >= 15 is 0 Å². The third kappa shape index (κ3) is 4.42. The Balaban J connectivity index is 1.24. The Hall–Kier alpha value is -3.29. The van der Waals surface area contributed by atoms with E-state index in [-0.39, 0.29) is 12.5 Å². The van der Waals surface area contributed by atoms with E-state index in [0.717, 1.165) is 48.8 Å². The van der Waals surface area contributed by atoms with Crippen LogP contribution >= 0.6 is 11.6 Å². The highest BCUT2D eigenvalue weighted by atomic mass is 35.5. The van der Waals surface area contributed by atoms with Crippen molar-refractivity contribution in [3.8, 4) is 5.75 Å². The highest BCUT2D eigenvalue weighted by Crippen LogP contribution is 2.24. The van der Waals surface area contributed by atoms with Crippen molar-refractivity contribution < 1.29 is 13.9 Å². The van der Waals surface area contributed by atoms with E-state index in [1.54, 1.807) is 30.5 Å². The average Bonchev–Trinajstić information content (AvgIpc) is 3.40. The van der Waals surface area contributed by atoms with Crippen molar-refractivity contribution in [2.45, 2.75) is 19.6 Å². The Morgan fingerprint density at radius 3 is 2.84 bits per heavy atom. The van der Waals surface area contributed by atoms with Crippen LogP contribution in [0.5, 0.6) is 5.75 Å². The summed E-state index contributed by atoms with van der Waals surface area (Å²) in [6, 6.07) is 16.6. The van der Waals surface area contributed by atoms with Crippen molar-refractivity contribution in [2.24, 2.45) is 0 Å². The van der Waals surface area contributed by atoms with Gasteiger partial charge in [-0.3, -0.25) is 9.69 Å². The Bertz CT molecular complexity index is 1200. The molecule has 0 bridgehead atoms. The number of nitrogens with one attached hydrogen (secondary N) is 1. The normalized spacial score (nSPS) is 13.8. The first-order valence-electron chi connectivity index (χ1n) is 10.1. The first-order valence-corrected chi connectivity index (χ1v) is 10.4. The van der Waals surface area contributed by atoms with Crippen LogP contribution < -0.4 is 10.1 Å². The molecule has 0 aliphatic carbocycles. The predicted octanol–water partition coefficient (Wildman–Crippen LogP) is 4.32. The summed E-state index contributed by atoms with van der Waals surface area (Å²) in [6.45, 7) is 3.24. The van der Waals surface area contributed by atoms with E-state index in [1.807, 2.05) is 30.3 Å². The molecule has 0 atom stereocenters. The summed E-state index contributed by atoms with van der Waals surface area (Å²) in [5.41, 5.74) is 2.63. The van der Waals surface area contributed by atoms with Crippen LogP contribution in [0.3, 0.4) is 0 Å². The molecule has 7 nitrogen and oxygen atoms in total. The van der Waals surface area contributed by atoms with Gasteiger partial charge in [0.15, 0.2) is 6.61 Å². The number of hydrogen-bond acceptors (Lipinski definition) is 5. The van der Waals surface area contributed by atoms with Gasteiger partial charge in [0.1, 0.15) is 17.3 Å². The third-order valence-corrected chi connectivity index (χ3v) is 5.51. The smallest absolute Gasteiger partial charge is 0.262 e. The molecule has 5 rings (SSSR count). The number of imidazole rings is 1. The first-order chi connectivity index (χ1) is 15.1. The molecule has 0 unspecified atom stereocenters. The fourth-order valence-electron chi connectivity index (χ4n) is 3.78. The zero-order valence-corrected chi connectivity index (χ0v) is 17.5. The SMILES string of the molecule is O=C(COc1ccc(Cl)cc1)Nc1ccc2c(c1)nc1n2CCN(Cc2ccco2)C1. The van der Waals surface area contributed by atoms with E-state index in [0.29, 0.717) is 16.5 Å². The van der Waals surface area contributed by atoms with Crippen molar-refractivity contribution in [3.05, 3.63) is 77.5 Å². The summed E-state index contributed by atoms with van der Waals surface area (Å²) >= 11 is 5.86. The number of ether oxygens (including phenoxy) is 1. The highest BCUT2D eigenvalue weighted by molar-refractivity contribution is 6.30. The molecule has 1 aliphatic heterocycles. The van der Waals surface area contributed by atoms with Gasteiger partial charge in [-0.15, -0.1) is 0 Å². The van der Waals surface area contributed by atoms with Crippen molar-refractivity contribution in [1.29, 1.82) is 0 Å². The Kier molecular flexibility index (Phi) is 5.36. The van der Waals surface area contributed by atoms with E-state index < -0.39 is 0 Å². The number of anilines is 1. The number of hydrogen-bond donors (Lipinski definition) is 1. The molecule has 158 valence electrons. The average molecular weight is 437 g/mol. The summed E-state index contributed by atoms with van der Waals surface area (Å²) in [7, 11) is 0. The van der Waals surface area contributed by atoms with Gasteiger partial charge in [-0.05, 0) is 54.6 Å². The van der Waals surface area contributed by atoms with Crippen molar-refractivity contribution in [3.63, 3.8) is 0 Å². The second kappa shape index (κ2) is 8.45. The molecular weight excluding hydrogens is 416 g/mol. The molecule has 1 N–H and O–H groups in total. The van der Waals surface area contributed by atoms with Crippen LogP contribution in [0, 0.1) is 0 Å². The molecule has 2 aromatic carbocycles. The van der Waals surface area contributed by atoms with Gasteiger partial charge in [0, 0.05) is 23.8 Å². The highest BCUT2D eigenvalue weighted by Gasteiger charge is 2.21. The lowest BCUT2D eigenvalue weighted by Gasteiger charge is -2.26. The molecule has 1 aliphatic rings. The molecule has 8 heteroatoms. The molecule has 0 spiro atoms. The summed E-state index contributed by atoms with van der Waals surface area (Å²) < 4.78 is 13.2. The Morgan fingerprint density at radius 2 is 2.03 bits per heavy atom. The third-order valence-electron chi connectivity index (χ3n) is 5.26. The van der Waals surface area contributed by atoms with Crippen molar-refractivity contribution in [1.82, 2.24) is 14.5 Å². The van der Waals surface area contributed by atoms with Crippen LogP contribution in [-0.2, 0) is 24.4 Å². The minimum absolute atomic E-state index is 0.0822. The van der Waals surface area contributed by atoms with E-state index in [1.165, 1.54) is 0 Å². The van der Waals surface area contributed by atoms with E-state index in [2.05, 4.69) is 14.8 Å². The van der Waals surface area contributed by atoms with Gasteiger partial charge in [0.05, 0.1) is 30.4 Å². The van der Waals surface area contributed by atoms with Gasteiger partial charge < -0.3 is 19.0 Å². The lowest BCUT2D eigenvalue weighted by atomic mass is 10.2. The quantitative estimate of drug-likeness (QED) is 0.487. The number of fused-ring (bicyclic) bond motifs is 3. The van der Waals surface area contributed by atoms with Crippen molar-refractivity contribution in [2.75, 3.05) is 18.5 Å². The fourth-order valence-corrected chi connectivity index (χ4v) is 3.91. The zero-order valence-electron chi connectivity index (χ0n) is 16.8. The number of nitrogens with zero attached hydrogens (tertiary/aromatic N) is 3. The molecule has 31 heavy (non-hydrogen) atoms. The molecule has 0 saturated carbocycles. The number of carbonyl (C=O) groups excluding carboxylic acids is 1. The van der Waals surface area contributed by atoms with Gasteiger partial charge in [-0.2, -0.15) is 0 Å². The predicted molar refractivity (Wildman–Crippen MR) is 118 cm³/mol. The standard InChI is InChI=1S/C23H21ClN4O3/c24-16-3-6-18(7-4-16)31-15-23(29)25-17-5-8-21-20(12-17)26-22-14-27(9-10-28(21)22)13-19-2-1-11-30-19/h1-8,11-12H,9-10,13-15H2,(H,25,29). The van der Waals surface area contributed by atoms with Crippen LogP contribution in [0.2, 0.25) is 5.02 Å². The summed E-state index contributed by atoms with van der Waals surface area (Å²) in [6.07, 6.45) is 1.70. The second-order valence-corrected chi connectivity index (χ2v) is 7.90. The van der Waals surface area contributed by atoms with Crippen LogP contribution in [0.4, 0.5) is 5.69 Å². The number of benzene rings is 2. The lowest BCUT2D eigenvalue weighted by Crippen LogP contribution is -2.33. The van der Waals surface area contributed by atoms with E-state index in [9.17, 15) is 4.79 Å². The number of furan rings is 1. The minimum Gasteiger partial charge on any atom is -0.484 e. The molecule has 4 aromatic rings. The topological polar surface area (TPSA) is 72.5 Å². The maximum atomic E-state index is 12.3. The van der Waals surface area contributed by atoms with Gasteiger partial charge in [-0.1, -0.05) is 11.6 Å². The molecular formula is C23H21ClN4O3. The zero-order chi connectivity index (χ0) is 21.2. The van der Waals surface area contributed by atoms with Crippen LogP contribution in [0.1, 0.15) is 11.6 Å². The lowest BCUT2D eigenvalue weighted by molar-refractivity contribution is -0.118. The van der Waals surface area contributed by atoms with Gasteiger partial charge in [0.2, 0.25) is 0 Å². The summed E-state index contributed by atoms with van der Waals surface area (Å²) in [5, 5.41) is 3.49. The molecule has 0 radical (unpaired) electrons. The summed E-state index contributed by atoms with van der Waals surface area (Å²) in [4.78, 5) is 19.4. The number of amides is 1. The van der Waals surface area contributed by atoms with Gasteiger partial charge in [-0.25, -0.2) is 4.98 Å². The largest absolute Gasteiger partial charge is 0.484 e.